The van der Waals surface area contributed by atoms with Crippen molar-refractivity contribution in [2.75, 3.05) is 6.61 Å². The molecule has 0 bridgehead atoms. The summed E-state index contributed by atoms with van der Waals surface area (Å²) in [5.74, 6) is 0.0637. The highest BCUT2D eigenvalue weighted by Crippen LogP contribution is 2.28. The molecule has 1 aliphatic carbocycles. The minimum absolute atomic E-state index is 0.137. The maximum Gasteiger partial charge on any atom is 0.337 e. The summed E-state index contributed by atoms with van der Waals surface area (Å²) < 4.78 is 11.4. The van der Waals surface area contributed by atoms with Crippen molar-refractivity contribution in [2.24, 2.45) is 11.7 Å². The quantitative estimate of drug-likeness (QED) is 0.555. The fraction of sp³-hybridized carbons (Fsp3) is 0.524. The monoisotopic (exact) mass is 416 g/mol. The SMILES string of the molecule is C[C@H]1CC[C@H](Oc2ccnc(C[C@](O)(C(=O)O)[C@@H](N)COc3cnccn3)c2)CC1. The Labute approximate surface area is 175 Å². The van der Waals surface area contributed by atoms with Gasteiger partial charge in [-0.1, -0.05) is 6.92 Å². The molecular weight excluding hydrogens is 388 g/mol. The topological polar surface area (TPSA) is 141 Å². The number of aliphatic carboxylic acids is 1. The lowest BCUT2D eigenvalue weighted by Gasteiger charge is -2.29. The van der Waals surface area contributed by atoms with Crippen molar-refractivity contribution in [3.05, 3.63) is 42.6 Å². The molecule has 9 nitrogen and oxygen atoms in total. The van der Waals surface area contributed by atoms with Crippen LogP contribution in [0.2, 0.25) is 0 Å². The van der Waals surface area contributed by atoms with Gasteiger partial charge in [0.25, 0.3) is 0 Å². The first-order chi connectivity index (χ1) is 14.4. The molecule has 2 atom stereocenters. The number of carbonyl (C=O) groups is 1. The molecule has 9 heteroatoms. The molecule has 0 aromatic carbocycles. The van der Waals surface area contributed by atoms with Crippen LogP contribution in [0.15, 0.2) is 36.9 Å². The molecule has 2 heterocycles. The van der Waals surface area contributed by atoms with Gasteiger partial charge in [0.15, 0.2) is 5.60 Å². The van der Waals surface area contributed by atoms with Crippen molar-refractivity contribution in [1.82, 2.24) is 15.0 Å². The van der Waals surface area contributed by atoms with Gasteiger partial charge in [0.05, 0.1) is 18.3 Å². The first-order valence-corrected chi connectivity index (χ1v) is 10.1. The van der Waals surface area contributed by atoms with Crippen molar-refractivity contribution in [1.29, 1.82) is 0 Å². The third-order valence-electron chi connectivity index (χ3n) is 5.44. The smallest absolute Gasteiger partial charge is 0.337 e. The molecule has 0 amide bonds. The van der Waals surface area contributed by atoms with E-state index < -0.39 is 17.6 Å². The summed E-state index contributed by atoms with van der Waals surface area (Å²) in [4.78, 5) is 23.8. The fourth-order valence-electron chi connectivity index (χ4n) is 3.48. The molecule has 2 aromatic heterocycles. The number of nitrogens with two attached hydrogens (primary N) is 1. The van der Waals surface area contributed by atoms with Gasteiger partial charge >= 0.3 is 5.97 Å². The second kappa shape index (κ2) is 9.82. The number of rotatable bonds is 9. The number of carboxylic acid groups (broad SMARTS) is 1. The zero-order valence-corrected chi connectivity index (χ0v) is 17.0. The normalized spacial score (nSPS) is 22.0. The van der Waals surface area contributed by atoms with Crippen LogP contribution in [0.3, 0.4) is 0 Å². The van der Waals surface area contributed by atoms with Gasteiger partial charge in [0, 0.05) is 36.8 Å². The maximum atomic E-state index is 11.8. The summed E-state index contributed by atoms with van der Waals surface area (Å²) in [5, 5.41) is 20.5. The van der Waals surface area contributed by atoms with E-state index in [0.29, 0.717) is 17.4 Å². The van der Waals surface area contributed by atoms with Gasteiger partial charge in [0.2, 0.25) is 5.88 Å². The molecule has 3 rings (SSSR count). The third-order valence-corrected chi connectivity index (χ3v) is 5.44. The van der Waals surface area contributed by atoms with Crippen LogP contribution in [-0.2, 0) is 11.2 Å². The summed E-state index contributed by atoms with van der Waals surface area (Å²) in [7, 11) is 0. The van der Waals surface area contributed by atoms with Crippen LogP contribution < -0.4 is 15.2 Å². The van der Waals surface area contributed by atoms with Gasteiger partial charge in [-0.3, -0.25) is 9.97 Å². The van der Waals surface area contributed by atoms with E-state index in [9.17, 15) is 15.0 Å². The molecule has 1 saturated carbocycles. The van der Waals surface area contributed by atoms with Crippen molar-refractivity contribution < 1.29 is 24.5 Å². The summed E-state index contributed by atoms with van der Waals surface area (Å²) in [6.07, 6.45) is 9.92. The van der Waals surface area contributed by atoms with E-state index in [2.05, 4.69) is 21.9 Å². The van der Waals surface area contributed by atoms with Gasteiger partial charge < -0.3 is 25.4 Å². The van der Waals surface area contributed by atoms with Crippen molar-refractivity contribution in [3.63, 3.8) is 0 Å². The highest BCUT2D eigenvalue weighted by molar-refractivity contribution is 5.78. The average Bonchev–Trinajstić information content (AvgIpc) is 2.74. The Balaban J connectivity index is 1.65. The molecule has 2 aromatic rings. The van der Waals surface area contributed by atoms with E-state index in [4.69, 9.17) is 15.2 Å². The van der Waals surface area contributed by atoms with E-state index in [1.54, 1.807) is 18.3 Å². The number of hydrogen-bond acceptors (Lipinski definition) is 8. The Morgan fingerprint density at radius 2 is 2.03 bits per heavy atom. The molecule has 1 aliphatic rings. The van der Waals surface area contributed by atoms with Crippen molar-refractivity contribution >= 4 is 5.97 Å². The Morgan fingerprint density at radius 1 is 1.27 bits per heavy atom. The maximum absolute atomic E-state index is 11.8. The highest BCUT2D eigenvalue weighted by atomic mass is 16.5. The second-order valence-corrected chi connectivity index (χ2v) is 7.85. The van der Waals surface area contributed by atoms with Crippen LogP contribution in [0, 0.1) is 5.92 Å². The highest BCUT2D eigenvalue weighted by Gasteiger charge is 2.43. The van der Waals surface area contributed by atoms with E-state index in [-0.39, 0.29) is 25.0 Å². The van der Waals surface area contributed by atoms with Crippen LogP contribution in [0.25, 0.3) is 0 Å². The van der Waals surface area contributed by atoms with E-state index in [1.807, 2.05) is 0 Å². The molecule has 0 radical (unpaired) electrons. The number of aliphatic hydroxyl groups is 1. The molecule has 0 aliphatic heterocycles. The summed E-state index contributed by atoms with van der Waals surface area (Å²) >= 11 is 0. The molecule has 0 spiro atoms. The van der Waals surface area contributed by atoms with Crippen LogP contribution >= 0.6 is 0 Å². The van der Waals surface area contributed by atoms with Crippen LogP contribution in [0.1, 0.15) is 38.3 Å². The number of pyridine rings is 1. The summed E-state index contributed by atoms with van der Waals surface area (Å²) in [6, 6.07) is 2.17. The number of hydrogen-bond donors (Lipinski definition) is 3. The minimum Gasteiger partial charge on any atom is -0.490 e. The zero-order valence-electron chi connectivity index (χ0n) is 17.0. The predicted octanol–water partition coefficient (Wildman–Crippen LogP) is 1.59. The van der Waals surface area contributed by atoms with Crippen molar-refractivity contribution in [2.45, 2.75) is 56.8 Å². The van der Waals surface area contributed by atoms with Gasteiger partial charge in [-0.2, -0.15) is 0 Å². The molecular formula is C21H28N4O5. The number of aromatic nitrogens is 3. The molecule has 30 heavy (non-hydrogen) atoms. The van der Waals surface area contributed by atoms with Gasteiger partial charge in [-0.05, 0) is 37.7 Å². The lowest BCUT2D eigenvalue weighted by Crippen LogP contribution is -2.58. The Morgan fingerprint density at radius 3 is 2.70 bits per heavy atom. The van der Waals surface area contributed by atoms with E-state index >= 15 is 0 Å². The zero-order chi connectivity index (χ0) is 21.6. The van der Waals surface area contributed by atoms with Gasteiger partial charge in [-0.15, -0.1) is 0 Å². The summed E-state index contributed by atoms with van der Waals surface area (Å²) in [6.45, 7) is 1.99. The fourth-order valence-corrected chi connectivity index (χ4v) is 3.48. The molecule has 0 unspecified atom stereocenters. The van der Waals surface area contributed by atoms with E-state index in [0.717, 1.165) is 25.7 Å². The number of carboxylic acids is 1. The first kappa shape index (κ1) is 21.9. The minimum atomic E-state index is -2.27. The Kier molecular flexibility index (Phi) is 7.17. The molecule has 0 saturated heterocycles. The lowest BCUT2D eigenvalue weighted by atomic mass is 9.89. The third kappa shape index (κ3) is 5.64. The largest absolute Gasteiger partial charge is 0.490 e. The van der Waals surface area contributed by atoms with Gasteiger partial charge in [0.1, 0.15) is 12.4 Å². The molecule has 1 fully saturated rings. The van der Waals surface area contributed by atoms with E-state index in [1.165, 1.54) is 18.6 Å². The van der Waals surface area contributed by atoms with Crippen LogP contribution in [0.4, 0.5) is 0 Å². The number of ether oxygens (including phenoxy) is 2. The molecule has 4 N–H and O–H groups in total. The standard InChI is InChI=1S/C21H28N4O5/c1-14-2-4-16(5-3-14)30-17-6-7-24-15(10-17)11-21(28,20(26)27)18(22)13-29-19-12-23-8-9-25-19/h6-10,12,14,16,18,28H,2-5,11,13,22H2,1H3,(H,26,27)/t14-,16-,18-,21+/m0/s1. The van der Waals surface area contributed by atoms with Gasteiger partial charge in [-0.25, -0.2) is 9.78 Å². The predicted molar refractivity (Wildman–Crippen MR) is 108 cm³/mol. The first-order valence-electron chi connectivity index (χ1n) is 10.1. The lowest BCUT2D eigenvalue weighted by molar-refractivity contribution is -0.161. The number of nitrogens with zero attached hydrogens (tertiary/aromatic N) is 3. The van der Waals surface area contributed by atoms with Crippen LogP contribution in [-0.4, -0.2) is 55.5 Å². The Bertz CT molecular complexity index is 829. The van der Waals surface area contributed by atoms with Crippen molar-refractivity contribution in [3.8, 4) is 11.6 Å². The Hall–Kier alpha value is -2.78. The average molecular weight is 416 g/mol. The summed E-state index contributed by atoms with van der Waals surface area (Å²) in [5.41, 5.74) is 4.09. The second-order valence-electron chi connectivity index (χ2n) is 7.85. The van der Waals surface area contributed by atoms with Crippen LogP contribution in [0.5, 0.6) is 11.6 Å². The molecule has 162 valence electrons.